The van der Waals surface area contributed by atoms with Crippen LogP contribution in [-0.4, -0.2) is 25.6 Å². The molecule has 1 rings (SSSR count). The highest BCUT2D eigenvalue weighted by atomic mass is 16.5. The van der Waals surface area contributed by atoms with Crippen molar-refractivity contribution in [1.29, 1.82) is 0 Å². The standard InChI is InChI=1S/C14H20O3/c1-14(2,17-4)13(15)10-7-11-5-8-12(16-3)9-6-11/h5-6,8-9H,7,10H2,1-4H3. The van der Waals surface area contributed by atoms with Gasteiger partial charge < -0.3 is 9.47 Å². The molecule has 0 amide bonds. The van der Waals surface area contributed by atoms with Crippen molar-refractivity contribution in [3.8, 4) is 5.75 Å². The first kappa shape index (κ1) is 13.7. The van der Waals surface area contributed by atoms with Crippen LogP contribution in [0.15, 0.2) is 24.3 Å². The van der Waals surface area contributed by atoms with Crippen molar-refractivity contribution < 1.29 is 14.3 Å². The molecule has 0 spiro atoms. The van der Waals surface area contributed by atoms with Gasteiger partial charge in [-0.05, 0) is 38.0 Å². The molecular weight excluding hydrogens is 216 g/mol. The van der Waals surface area contributed by atoms with Crippen molar-refractivity contribution in [2.45, 2.75) is 32.3 Å². The number of hydrogen-bond acceptors (Lipinski definition) is 3. The Morgan fingerprint density at radius 1 is 1.18 bits per heavy atom. The molecule has 0 bridgehead atoms. The Balaban J connectivity index is 2.53. The average Bonchev–Trinajstić information content (AvgIpc) is 2.36. The molecule has 0 radical (unpaired) electrons. The molecule has 3 nitrogen and oxygen atoms in total. The maximum Gasteiger partial charge on any atom is 0.164 e. The highest BCUT2D eigenvalue weighted by molar-refractivity contribution is 5.86. The lowest BCUT2D eigenvalue weighted by Gasteiger charge is -2.20. The minimum Gasteiger partial charge on any atom is -0.497 e. The Bertz CT molecular complexity index is 366. The van der Waals surface area contributed by atoms with Crippen LogP contribution in [0.4, 0.5) is 0 Å². The summed E-state index contributed by atoms with van der Waals surface area (Å²) in [6.45, 7) is 3.59. The SMILES string of the molecule is COc1ccc(CCC(=O)C(C)(C)OC)cc1. The highest BCUT2D eigenvalue weighted by Crippen LogP contribution is 2.16. The monoisotopic (exact) mass is 236 g/mol. The van der Waals surface area contributed by atoms with E-state index in [2.05, 4.69) is 0 Å². The van der Waals surface area contributed by atoms with E-state index in [1.807, 2.05) is 24.3 Å². The average molecular weight is 236 g/mol. The summed E-state index contributed by atoms with van der Waals surface area (Å²) in [6.07, 6.45) is 1.22. The molecular formula is C14H20O3. The van der Waals surface area contributed by atoms with Gasteiger partial charge in [0.25, 0.3) is 0 Å². The van der Waals surface area contributed by atoms with Gasteiger partial charge in [0.2, 0.25) is 0 Å². The van der Waals surface area contributed by atoms with Crippen molar-refractivity contribution in [3.63, 3.8) is 0 Å². The smallest absolute Gasteiger partial charge is 0.164 e. The summed E-state index contributed by atoms with van der Waals surface area (Å²) in [6, 6.07) is 7.76. The molecule has 1 aromatic rings. The maximum atomic E-state index is 11.8. The van der Waals surface area contributed by atoms with Crippen molar-refractivity contribution in [1.82, 2.24) is 0 Å². The van der Waals surface area contributed by atoms with Gasteiger partial charge in [-0.2, -0.15) is 0 Å². The van der Waals surface area contributed by atoms with Gasteiger partial charge in [-0.1, -0.05) is 12.1 Å². The van der Waals surface area contributed by atoms with E-state index in [9.17, 15) is 4.79 Å². The number of hydrogen-bond donors (Lipinski definition) is 0. The van der Waals surface area contributed by atoms with Crippen LogP contribution in [0.5, 0.6) is 5.75 Å². The molecule has 0 aliphatic heterocycles. The first-order chi connectivity index (χ1) is 7.99. The van der Waals surface area contributed by atoms with E-state index in [0.29, 0.717) is 6.42 Å². The minimum absolute atomic E-state index is 0.121. The molecule has 0 atom stereocenters. The third-order valence-electron chi connectivity index (χ3n) is 2.98. The van der Waals surface area contributed by atoms with E-state index in [1.54, 1.807) is 28.1 Å². The topological polar surface area (TPSA) is 35.5 Å². The molecule has 17 heavy (non-hydrogen) atoms. The first-order valence-corrected chi connectivity index (χ1v) is 5.71. The van der Waals surface area contributed by atoms with E-state index < -0.39 is 5.60 Å². The second kappa shape index (κ2) is 5.82. The van der Waals surface area contributed by atoms with Crippen molar-refractivity contribution in [2.24, 2.45) is 0 Å². The Morgan fingerprint density at radius 2 is 1.76 bits per heavy atom. The molecule has 0 heterocycles. The van der Waals surface area contributed by atoms with Gasteiger partial charge in [-0.15, -0.1) is 0 Å². The second-order valence-corrected chi connectivity index (χ2v) is 4.49. The van der Waals surface area contributed by atoms with E-state index >= 15 is 0 Å². The number of methoxy groups -OCH3 is 2. The van der Waals surface area contributed by atoms with Crippen LogP contribution >= 0.6 is 0 Å². The van der Waals surface area contributed by atoms with E-state index in [4.69, 9.17) is 9.47 Å². The Kier molecular flexibility index (Phi) is 4.70. The summed E-state index contributed by atoms with van der Waals surface area (Å²) in [5.41, 5.74) is 0.443. The third-order valence-corrected chi connectivity index (χ3v) is 2.98. The predicted molar refractivity (Wildman–Crippen MR) is 67.4 cm³/mol. The zero-order valence-corrected chi connectivity index (χ0v) is 10.9. The molecule has 0 unspecified atom stereocenters. The number of carbonyl (C=O) groups excluding carboxylic acids is 1. The summed E-state index contributed by atoms with van der Waals surface area (Å²) < 4.78 is 10.2. The number of carbonyl (C=O) groups is 1. The quantitative estimate of drug-likeness (QED) is 0.761. The van der Waals surface area contributed by atoms with Gasteiger partial charge in [0.05, 0.1) is 7.11 Å². The van der Waals surface area contributed by atoms with Crippen LogP contribution in [0, 0.1) is 0 Å². The fourth-order valence-electron chi connectivity index (χ4n) is 1.46. The van der Waals surface area contributed by atoms with Crippen LogP contribution in [-0.2, 0) is 16.0 Å². The number of ether oxygens (including phenoxy) is 2. The van der Waals surface area contributed by atoms with Gasteiger partial charge in [-0.3, -0.25) is 4.79 Å². The van der Waals surface area contributed by atoms with Gasteiger partial charge in [0.1, 0.15) is 11.4 Å². The zero-order chi connectivity index (χ0) is 12.9. The highest BCUT2D eigenvalue weighted by Gasteiger charge is 2.25. The molecule has 3 heteroatoms. The summed E-state index contributed by atoms with van der Waals surface area (Å²) in [5, 5.41) is 0. The van der Waals surface area contributed by atoms with Crippen LogP contribution < -0.4 is 4.74 Å². The summed E-state index contributed by atoms with van der Waals surface area (Å²) in [4.78, 5) is 11.8. The number of aryl methyl sites for hydroxylation is 1. The fraction of sp³-hybridized carbons (Fsp3) is 0.500. The van der Waals surface area contributed by atoms with E-state index in [1.165, 1.54) is 0 Å². The van der Waals surface area contributed by atoms with Crippen LogP contribution in [0.25, 0.3) is 0 Å². The van der Waals surface area contributed by atoms with Gasteiger partial charge in [-0.25, -0.2) is 0 Å². The summed E-state index contributed by atoms with van der Waals surface area (Å²) in [5.74, 6) is 0.952. The number of benzene rings is 1. The van der Waals surface area contributed by atoms with Gasteiger partial charge >= 0.3 is 0 Å². The van der Waals surface area contributed by atoms with E-state index in [0.717, 1.165) is 17.7 Å². The lowest BCUT2D eigenvalue weighted by atomic mass is 9.97. The molecule has 0 N–H and O–H groups in total. The number of ketones is 1. The van der Waals surface area contributed by atoms with Crippen LogP contribution in [0.1, 0.15) is 25.8 Å². The number of rotatable bonds is 6. The van der Waals surface area contributed by atoms with Gasteiger partial charge in [0.15, 0.2) is 5.78 Å². The molecule has 1 aromatic carbocycles. The number of Topliss-reactive ketones (excluding diaryl/α,β-unsaturated/α-hetero) is 1. The minimum atomic E-state index is -0.688. The van der Waals surface area contributed by atoms with Crippen molar-refractivity contribution >= 4 is 5.78 Å². The Morgan fingerprint density at radius 3 is 2.24 bits per heavy atom. The largest absolute Gasteiger partial charge is 0.497 e. The zero-order valence-electron chi connectivity index (χ0n) is 10.9. The fourth-order valence-corrected chi connectivity index (χ4v) is 1.46. The lowest BCUT2D eigenvalue weighted by molar-refractivity contribution is -0.137. The predicted octanol–water partition coefficient (Wildman–Crippen LogP) is 2.62. The third kappa shape index (κ3) is 3.86. The molecule has 0 fully saturated rings. The summed E-state index contributed by atoms with van der Waals surface area (Å²) in [7, 11) is 3.20. The van der Waals surface area contributed by atoms with Crippen LogP contribution in [0.2, 0.25) is 0 Å². The molecule has 0 aliphatic rings. The van der Waals surface area contributed by atoms with Gasteiger partial charge in [0, 0.05) is 13.5 Å². The lowest BCUT2D eigenvalue weighted by Crippen LogP contribution is -2.33. The first-order valence-electron chi connectivity index (χ1n) is 5.71. The van der Waals surface area contributed by atoms with Crippen molar-refractivity contribution in [2.75, 3.05) is 14.2 Å². The van der Waals surface area contributed by atoms with E-state index in [-0.39, 0.29) is 5.78 Å². The summed E-state index contributed by atoms with van der Waals surface area (Å²) >= 11 is 0. The second-order valence-electron chi connectivity index (χ2n) is 4.49. The molecule has 0 saturated heterocycles. The Hall–Kier alpha value is -1.35. The molecule has 0 aliphatic carbocycles. The normalized spacial score (nSPS) is 11.3. The maximum absolute atomic E-state index is 11.8. The Labute approximate surface area is 103 Å². The molecule has 0 saturated carbocycles. The molecule has 0 aromatic heterocycles. The van der Waals surface area contributed by atoms with Crippen molar-refractivity contribution in [3.05, 3.63) is 29.8 Å². The molecule has 94 valence electrons. The van der Waals surface area contributed by atoms with Crippen LogP contribution in [0.3, 0.4) is 0 Å².